The molecule has 0 aromatic heterocycles. The minimum absolute atomic E-state index is 0.0118. The van der Waals surface area contributed by atoms with E-state index in [1.54, 1.807) is 34.9 Å². The van der Waals surface area contributed by atoms with Crippen molar-refractivity contribution in [1.82, 2.24) is 0 Å². The number of hydrogen-bond donors (Lipinski definition) is 4. The molecule has 2 aromatic rings. The van der Waals surface area contributed by atoms with Gasteiger partial charge < -0.3 is 40.2 Å². The van der Waals surface area contributed by atoms with Gasteiger partial charge in [-0.1, -0.05) is 42.2 Å². The Kier molecular flexibility index (Phi) is 12.5. The van der Waals surface area contributed by atoms with Gasteiger partial charge in [0, 0.05) is 76.8 Å². The van der Waals surface area contributed by atoms with Gasteiger partial charge in [-0.3, -0.25) is 29.0 Å². The zero-order valence-electron chi connectivity index (χ0n) is 29.2. The lowest BCUT2D eigenvalue weighted by molar-refractivity contribution is -0.777. The molecule has 56 heavy (non-hydrogen) atoms. The van der Waals surface area contributed by atoms with Crippen LogP contribution in [0.15, 0.2) is 83.3 Å². The van der Waals surface area contributed by atoms with Gasteiger partial charge in [0.25, 0.3) is 0 Å². The molecule has 20 heteroatoms. The van der Waals surface area contributed by atoms with E-state index in [0.717, 1.165) is 12.2 Å². The number of carboxylic acids is 4. The molecule has 1 aliphatic carbocycles. The molecule has 0 saturated carbocycles. The van der Waals surface area contributed by atoms with Crippen LogP contribution in [0, 0.1) is 0 Å². The lowest BCUT2D eigenvalue weighted by Gasteiger charge is -2.35. The van der Waals surface area contributed by atoms with E-state index in [1.807, 2.05) is 0 Å². The molecule has 0 bridgehead atoms. The minimum Gasteiger partial charge on any atom is -0.871 e. The lowest BCUT2D eigenvalue weighted by atomic mass is 9.70. The SMILES string of the molecule is O=C(O)CC1(CC(=O)O)C(=CC2=C([O-])C(=CC3=[N+](CCCSOO[O-])c4ccccc4C3(CC(=O)O)CC(=O)O)C2=O)N(CCCS(=O)(=O)[O-])c2ccccc21. The van der Waals surface area contributed by atoms with Gasteiger partial charge in [0.15, 0.2) is 11.5 Å². The van der Waals surface area contributed by atoms with Crippen molar-refractivity contribution in [1.29, 1.82) is 0 Å². The molecule has 0 fully saturated rings. The second-order valence-electron chi connectivity index (χ2n) is 13.3. The second-order valence-corrected chi connectivity index (χ2v) is 15.6. The number of fused-ring (bicyclic) bond motifs is 2. The standard InChI is InChI=1S/C36H36N2O16S2/c39-29(40)17-35(18-30(41)42)23-7-1-3-9-25(23)37(11-5-13-55-54-53-49)27(35)15-21-33(47)22(34(21)48)16-28-36(19-31(43)44,20-32(45)46)24-8-2-4-10-26(24)38(28)12-6-14-56(50,51)52/h1-4,7-10,15-16H,5-6,11-14,17-20H2,(H6-,39,40,41,42,43,44,45,46,47,48,49,50,51,52)/p-2. The topological polar surface area (TPSA) is 294 Å². The molecule has 3 aliphatic rings. The van der Waals surface area contributed by atoms with Gasteiger partial charge in [-0.15, -0.1) is 0 Å². The summed E-state index contributed by atoms with van der Waals surface area (Å²) in [6, 6.07) is 12.5. The summed E-state index contributed by atoms with van der Waals surface area (Å²) < 4.78 is 40.3. The predicted molar refractivity (Wildman–Crippen MR) is 189 cm³/mol. The Morgan fingerprint density at radius 1 is 0.839 bits per heavy atom. The number of allylic oxidation sites excluding steroid dienone is 5. The average Bonchev–Trinajstić information content (AvgIpc) is 3.49. The number of ketones is 1. The van der Waals surface area contributed by atoms with E-state index in [0.29, 0.717) is 23.3 Å². The molecule has 5 rings (SSSR count). The van der Waals surface area contributed by atoms with Gasteiger partial charge in [0.1, 0.15) is 12.0 Å². The summed E-state index contributed by atoms with van der Waals surface area (Å²) in [7, 11) is -4.70. The van der Waals surface area contributed by atoms with Crippen molar-refractivity contribution in [2.45, 2.75) is 49.4 Å². The molecule has 2 aromatic carbocycles. The Morgan fingerprint density at radius 3 is 1.98 bits per heavy atom. The van der Waals surface area contributed by atoms with Crippen LogP contribution in [-0.4, -0.2) is 97.9 Å². The maximum Gasteiger partial charge on any atom is 0.304 e. The van der Waals surface area contributed by atoms with Crippen LogP contribution < -0.4 is 15.3 Å². The Balaban J connectivity index is 1.71. The molecule has 2 heterocycles. The monoisotopic (exact) mass is 814 g/mol. The Bertz CT molecular complexity index is 2180. The number of anilines is 1. The first-order valence-corrected chi connectivity index (χ1v) is 19.3. The van der Waals surface area contributed by atoms with Crippen molar-refractivity contribution < 1.29 is 81.7 Å². The van der Waals surface area contributed by atoms with Gasteiger partial charge >= 0.3 is 23.9 Å². The van der Waals surface area contributed by atoms with Crippen molar-refractivity contribution in [3.8, 4) is 0 Å². The first kappa shape index (κ1) is 41.8. The third kappa shape index (κ3) is 8.39. The van der Waals surface area contributed by atoms with Gasteiger partial charge in [-0.25, -0.2) is 8.42 Å². The van der Waals surface area contributed by atoms with Crippen LogP contribution in [0.25, 0.3) is 0 Å². The molecule has 0 amide bonds. The number of hydrogen-bond acceptors (Lipinski definition) is 14. The quantitative estimate of drug-likeness (QED) is 0.0274. The first-order valence-electron chi connectivity index (χ1n) is 16.9. The van der Waals surface area contributed by atoms with E-state index in [9.17, 15) is 67.7 Å². The zero-order valence-corrected chi connectivity index (χ0v) is 30.9. The van der Waals surface area contributed by atoms with E-state index >= 15 is 0 Å². The van der Waals surface area contributed by atoms with Gasteiger partial charge in [-0.05, 0) is 24.1 Å². The van der Waals surface area contributed by atoms with Crippen molar-refractivity contribution in [3.05, 3.63) is 94.4 Å². The Hall–Kier alpha value is -5.38. The van der Waals surface area contributed by atoms with E-state index in [1.165, 1.54) is 23.1 Å². The number of carboxylic acid groups (broad SMARTS) is 4. The highest BCUT2D eigenvalue weighted by atomic mass is 32.2. The van der Waals surface area contributed by atoms with E-state index in [-0.39, 0.29) is 54.3 Å². The summed E-state index contributed by atoms with van der Waals surface area (Å²) in [6.45, 7) is -0.166. The van der Waals surface area contributed by atoms with Crippen LogP contribution in [-0.2, 0) is 54.3 Å². The predicted octanol–water partition coefficient (Wildman–Crippen LogP) is 0.884. The molecular weight excluding hydrogens is 781 g/mol. The molecule has 298 valence electrons. The van der Waals surface area contributed by atoms with Crippen LogP contribution in [0.4, 0.5) is 11.4 Å². The zero-order chi connectivity index (χ0) is 41.0. The van der Waals surface area contributed by atoms with Crippen molar-refractivity contribution in [2.75, 3.05) is 29.5 Å². The average molecular weight is 815 g/mol. The lowest BCUT2D eigenvalue weighted by Crippen LogP contribution is -2.41. The Morgan fingerprint density at radius 2 is 1.41 bits per heavy atom. The van der Waals surface area contributed by atoms with Gasteiger partial charge in [0.05, 0.1) is 41.2 Å². The molecule has 18 nitrogen and oxygen atoms in total. The summed E-state index contributed by atoms with van der Waals surface area (Å²) in [6.07, 6.45) is -0.984. The molecule has 0 atom stereocenters. The number of benzene rings is 2. The first-order chi connectivity index (χ1) is 26.5. The number of carbonyl (C=O) groups excluding carboxylic acids is 1. The third-order valence-electron chi connectivity index (χ3n) is 9.80. The number of nitrogens with zero attached hydrogens (tertiary/aromatic N) is 2. The van der Waals surface area contributed by atoms with Gasteiger partial charge in [0.2, 0.25) is 5.69 Å². The highest BCUT2D eigenvalue weighted by Crippen LogP contribution is 2.53. The van der Waals surface area contributed by atoms with Crippen LogP contribution in [0.5, 0.6) is 0 Å². The maximum atomic E-state index is 14.0. The van der Waals surface area contributed by atoms with Crippen LogP contribution in [0.3, 0.4) is 0 Å². The number of para-hydroxylation sites is 2. The summed E-state index contributed by atoms with van der Waals surface area (Å²) >= 11 is 0.679. The fraction of sp³-hybridized carbons (Fsp3) is 0.333. The molecule has 0 unspecified atom stereocenters. The normalized spacial score (nSPS) is 18.3. The minimum atomic E-state index is -4.70. The number of rotatable bonds is 20. The van der Waals surface area contributed by atoms with Crippen molar-refractivity contribution in [2.24, 2.45) is 0 Å². The van der Waals surface area contributed by atoms with Crippen LogP contribution in [0.1, 0.15) is 49.7 Å². The van der Waals surface area contributed by atoms with E-state index < -0.39 is 99.0 Å². The molecule has 0 saturated heterocycles. The fourth-order valence-corrected chi connectivity index (χ4v) is 8.64. The van der Waals surface area contributed by atoms with Crippen molar-refractivity contribution in [3.63, 3.8) is 0 Å². The fourth-order valence-electron chi connectivity index (χ4n) is 7.80. The van der Waals surface area contributed by atoms with E-state index in [4.69, 9.17) is 0 Å². The number of Topliss-reactive ketones (excluding diaryl/α,β-unsaturated/α-hetero) is 1. The Labute approximate surface area is 323 Å². The third-order valence-corrected chi connectivity index (χ3v) is 11.2. The number of aliphatic carboxylic acids is 4. The molecule has 0 radical (unpaired) electrons. The number of carbonyl (C=O) groups is 5. The van der Waals surface area contributed by atoms with Crippen LogP contribution in [0.2, 0.25) is 0 Å². The molecular formula is C36H34N2O16S2-2. The summed E-state index contributed by atoms with van der Waals surface area (Å²) in [4.78, 5) is 64.8. The van der Waals surface area contributed by atoms with E-state index in [2.05, 4.69) is 9.37 Å². The maximum absolute atomic E-state index is 14.0. The van der Waals surface area contributed by atoms with Crippen molar-refractivity contribution >= 4 is 68.9 Å². The van der Waals surface area contributed by atoms with Crippen LogP contribution >= 0.6 is 12.0 Å². The smallest absolute Gasteiger partial charge is 0.304 e. The summed E-state index contributed by atoms with van der Waals surface area (Å²) in [5.74, 6) is -8.05. The summed E-state index contributed by atoms with van der Waals surface area (Å²) in [5.41, 5.74) is -3.52. The molecule has 2 aliphatic heterocycles. The highest BCUT2D eigenvalue weighted by Gasteiger charge is 2.55. The molecule has 4 N–H and O–H groups in total. The largest absolute Gasteiger partial charge is 0.871 e. The van der Waals surface area contributed by atoms with Gasteiger partial charge in [-0.2, -0.15) is 8.91 Å². The second kappa shape index (κ2) is 16.8. The molecule has 0 spiro atoms. The highest BCUT2D eigenvalue weighted by molar-refractivity contribution is 7.94. The summed E-state index contributed by atoms with van der Waals surface area (Å²) in [5, 5.41) is 67.8.